The van der Waals surface area contributed by atoms with Crippen LogP contribution in [0, 0.1) is 4.77 Å². The van der Waals surface area contributed by atoms with Crippen molar-refractivity contribution in [2.75, 3.05) is 18.0 Å². The normalized spacial score (nSPS) is 11.9. The average Bonchev–Trinajstić information content (AvgIpc) is 3.08. The number of rotatable bonds is 6. The van der Waals surface area contributed by atoms with Gasteiger partial charge >= 0.3 is 0 Å². The minimum atomic E-state index is 0.132. The lowest BCUT2D eigenvalue weighted by Crippen LogP contribution is -2.21. The standard InChI is InChI=1S/C23H29N5S/c1-6-27(7-2)20-14-10-18(11-15-20)21-25-26-22(29)28(21)24-16-17-8-12-19(13-9-17)23(3,4)5/h8-16H,6-7H2,1-5H3,(H,26,29). The maximum atomic E-state index is 5.39. The van der Waals surface area contributed by atoms with Gasteiger partial charge in [0.05, 0.1) is 6.21 Å². The van der Waals surface area contributed by atoms with Crippen LogP contribution in [0.4, 0.5) is 5.69 Å². The number of nitrogens with zero attached hydrogens (tertiary/aromatic N) is 4. The summed E-state index contributed by atoms with van der Waals surface area (Å²) < 4.78 is 2.13. The fourth-order valence-electron chi connectivity index (χ4n) is 3.19. The molecule has 0 unspecified atom stereocenters. The van der Waals surface area contributed by atoms with E-state index in [2.05, 4.69) is 103 Å². The molecule has 0 amide bonds. The molecule has 0 atom stereocenters. The van der Waals surface area contributed by atoms with E-state index >= 15 is 0 Å². The summed E-state index contributed by atoms with van der Waals surface area (Å²) in [7, 11) is 0. The first-order chi connectivity index (χ1) is 13.8. The van der Waals surface area contributed by atoms with Crippen molar-refractivity contribution >= 4 is 24.1 Å². The molecule has 0 spiro atoms. The summed E-state index contributed by atoms with van der Waals surface area (Å²) in [5.74, 6) is 0.698. The Kier molecular flexibility index (Phi) is 6.33. The molecule has 0 aliphatic carbocycles. The van der Waals surface area contributed by atoms with Crippen LogP contribution in [-0.4, -0.2) is 34.2 Å². The third-order valence-corrected chi connectivity index (χ3v) is 5.27. The summed E-state index contributed by atoms with van der Waals surface area (Å²) in [6.45, 7) is 12.9. The summed E-state index contributed by atoms with van der Waals surface area (Å²) in [6, 6.07) is 16.8. The monoisotopic (exact) mass is 407 g/mol. The minimum Gasteiger partial charge on any atom is -0.372 e. The molecule has 152 valence electrons. The molecule has 3 aromatic rings. The van der Waals surface area contributed by atoms with Gasteiger partial charge in [-0.1, -0.05) is 45.0 Å². The molecular formula is C23H29N5S. The number of aromatic nitrogens is 3. The molecular weight excluding hydrogens is 378 g/mol. The Balaban J connectivity index is 1.86. The molecule has 0 aliphatic rings. The largest absolute Gasteiger partial charge is 0.372 e. The van der Waals surface area contributed by atoms with Gasteiger partial charge < -0.3 is 4.90 Å². The van der Waals surface area contributed by atoms with Crippen LogP contribution in [0.5, 0.6) is 0 Å². The Morgan fingerprint density at radius 1 is 1.03 bits per heavy atom. The highest BCUT2D eigenvalue weighted by Crippen LogP contribution is 2.23. The highest BCUT2D eigenvalue weighted by atomic mass is 32.1. The predicted molar refractivity (Wildman–Crippen MR) is 125 cm³/mol. The van der Waals surface area contributed by atoms with E-state index in [-0.39, 0.29) is 5.41 Å². The Morgan fingerprint density at radius 3 is 2.21 bits per heavy atom. The van der Waals surface area contributed by atoms with E-state index in [1.165, 1.54) is 11.3 Å². The van der Waals surface area contributed by atoms with E-state index in [1.54, 1.807) is 4.68 Å². The topological polar surface area (TPSA) is 49.2 Å². The van der Waals surface area contributed by atoms with Gasteiger partial charge in [-0.15, -0.1) is 0 Å². The van der Waals surface area contributed by atoms with E-state index in [0.717, 1.165) is 24.2 Å². The van der Waals surface area contributed by atoms with Gasteiger partial charge in [-0.25, -0.2) is 5.10 Å². The van der Waals surface area contributed by atoms with Gasteiger partial charge in [0, 0.05) is 24.3 Å². The number of aromatic amines is 1. The minimum absolute atomic E-state index is 0.132. The molecule has 1 aromatic heterocycles. The summed E-state index contributed by atoms with van der Waals surface area (Å²) in [5.41, 5.74) is 4.61. The average molecular weight is 408 g/mol. The third-order valence-electron chi connectivity index (χ3n) is 5.00. The van der Waals surface area contributed by atoms with Crippen LogP contribution in [-0.2, 0) is 5.41 Å². The highest BCUT2D eigenvalue weighted by Gasteiger charge is 2.13. The van der Waals surface area contributed by atoms with Gasteiger partial charge in [-0.3, -0.25) is 0 Å². The number of hydrogen-bond donors (Lipinski definition) is 1. The first-order valence-electron chi connectivity index (χ1n) is 10.0. The molecule has 6 heteroatoms. The third kappa shape index (κ3) is 4.82. The van der Waals surface area contributed by atoms with Crippen molar-refractivity contribution in [3.8, 4) is 11.4 Å². The lowest BCUT2D eigenvalue weighted by molar-refractivity contribution is 0.590. The van der Waals surface area contributed by atoms with E-state index in [4.69, 9.17) is 12.2 Å². The second-order valence-electron chi connectivity index (χ2n) is 8.00. The van der Waals surface area contributed by atoms with Gasteiger partial charge in [0.2, 0.25) is 4.77 Å². The van der Waals surface area contributed by atoms with E-state index in [0.29, 0.717) is 10.6 Å². The molecule has 29 heavy (non-hydrogen) atoms. The van der Waals surface area contributed by atoms with Crippen molar-refractivity contribution in [1.29, 1.82) is 0 Å². The van der Waals surface area contributed by atoms with Crippen molar-refractivity contribution in [3.05, 3.63) is 64.4 Å². The molecule has 0 saturated heterocycles. The first-order valence-corrected chi connectivity index (χ1v) is 10.4. The fraction of sp³-hybridized carbons (Fsp3) is 0.348. The molecule has 0 aliphatic heterocycles. The van der Waals surface area contributed by atoms with Crippen LogP contribution in [0.15, 0.2) is 53.6 Å². The summed E-state index contributed by atoms with van der Waals surface area (Å²) in [4.78, 5) is 2.31. The molecule has 3 rings (SSSR count). The van der Waals surface area contributed by atoms with Crippen LogP contribution < -0.4 is 4.90 Å². The molecule has 0 saturated carbocycles. The van der Waals surface area contributed by atoms with Gasteiger partial charge in [-0.2, -0.15) is 14.9 Å². The SMILES string of the molecule is CCN(CC)c1ccc(-c2n[nH]c(=S)n2N=Cc2ccc(C(C)(C)C)cc2)cc1. The van der Waals surface area contributed by atoms with Gasteiger partial charge in [0.1, 0.15) is 0 Å². The molecule has 0 radical (unpaired) electrons. The number of H-pyrrole nitrogens is 1. The van der Waals surface area contributed by atoms with E-state index in [1.807, 2.05) is 6.21 Å². The van der Waals surface area contributed by atoms with Crippen molar-refractivity contribution in [3.63, 3.8) is 0 Å². The number of hydrogen-bond acceptors (Lipinski definition) is 4. The van der Waals surface area contributed by atoms with Crippen molar-refractivity contribution in [1.82, 2.24) is 14.9 Å². The molecule has 1 N–H and O–H groups in total. The predicted octanol–water partition coefficient (Wildman–Crippen LogP) is 5.63. The molecule has 1 heterocycles. The maximum Gasteiger partial charge on any atom is 0.216 e. The number of benzene rings is 2. The first kappa shape index (κ1) is 21.0. The Hall–Kier alpha value is -2.73. The van der Waals surface area contributed by atoms with Crippen molar-refractivity contribution < 1.29 is 0 Å². The zero-order chi connectivity index (χ0) is 21.0. The Morgan fingerprint density at radius 2 is 1.66 bits per heavy atom. The van der Waals surface area contributed by atoms with Crippen LogP contribution in [0.1, 0.15) is 45.7 Å². The van der Waals surface area contributed by atoms with Crippen LogP contribution in [0.2, 0.25) is 0 Å². The van der Waals surface area contributed by atoms with Crippen molar-refractivity contribution in [2.45, 2.75) is 40.0 Å². The van der Waals surface area contributed by atoms with Gasteiger partial charge in [0.15, 0.2) is 5.82 Å². The van der Waals surface area contributed by atoms with Gasteiger partial charge in [0.25, 0.3) is 0 Å². The van der Waals surface area contributed by atoms with E-state index < -0.39 is 0 Å². The summed E-state index contributed by atoms with van der Waals surface area (Å²) >= 11 is 5.39. The molecule has 0 fully saturated rings. The number of anilines is 1. The Labute approximate surface area is 178 Å². The lowest BCUT2D eigenvalue weighted by Gasteiger charge is -2.21. The molecule has 2 aromatic carbocycles. The van der Waals surface area contributed by atoms with Crippen LogP contribution in [0.3, 0.4) is 0 Å². The fourth-order valence-corrected chi connectivity index (χ4v) is 3.37. The Bertz CT molecular complexity index is 1020. The quantitative estimate of drug-likeness (QED) is 0.425. The summed E-state index contributed by atoms with van der Waals surface area (Å²) in [6.07, 6.45) is 1.81. The smallest absolute Gasteiger partial charge is 0.216 e. The zero-order valence-corrected chi connectivity index (χ0v) is 18.6. The second kappa shape index (κ2) is 8.74. The van der Waals surface area contributed by atoms with Crippen molar-refractivity contribution in [2.24, 2.45) is 5.10 Å². The zero-order valence-electron chi connectivity index (χ0n) is 17.8. The summed E-state index contributed by atoms with van der Waals surface area (Å²) in [5, 5.41) is 11.8. The molecule has 5 nitrogen and oxygen atoms in total. The maximum absolute atomic E-state index is 5.39. The van der Waals surface area contributed by atoms with E-state index in [9.17, 15) is 0 Å². The second-order valence-corrected chi connectivity index (χ2v) is 8.39. The van der Waals surface area contributed by atoms with Gasteiger partial charge in [-0.05, 0) is 66.9 Å². The van der Waals surface area contributed by atoms with Crippen LogP contribution >= 0.6 is 12.2 Å². The lowest BCUT2D eigenvalue weighted by atomic mass is 9.87. The highest BCUT2D eigenvalue weighted by molar-refractivity contribution is 7.71. The number of nitrogens with one attached hydrogen (secondary N) is 1. The van der Waals surface area contributed by atoms with Crippen LogP contribution in [0.25, 0.3) is 11.4 Å². The molecule has 0 bridgehead atoms.